The number of nitrogens with zero attached hydrogens (tertiary/aromatic N) is 1. The fourth-order valence-corrected chi connectivity index (χ4v) is 2.18. The summed E-state index contributed by atoms with van der Waals surface area (Å²) in [6, 6.07) is 3.65. The summed E-state index contributed by atoms with van der Waals surface area (Å²) in [5, 5.41) is 9.74. The lowest BCUT2D eigenvalue weighted by Crippen LogP contribution is -2.47. The first-order valence-corrected chi connectivity index (χ1v) is 5.73. The third-order valence-corrected chi connectivity index (χ3v) is 3.39. The van der Waals surface area contributed by atoms with E-state index in [1.54, 1.807) is 0 Å². The number of urea groups is 1. The van der Waals surface area contributed by atoms with Gasteiger partial charge in [0.2, 0.25) is 0 Å². The fraction of sp³-hybridized carbons (Fsp3) is 0.417. The number of benzene rings is 1. The van der Waals surface area contributed by atoms with Crippen LogP contribution in [-0.2, 0) is 6.18 Å². The number of nitrogens with two attached hydrogens (primary N) is 1. The Morgan fingerprint density at radius 2 is 1.79 bits per heavy atom. The summed E-state index contributed by atoms with van der Waals surface area (Å²) < 4.78 is 37.1. The summed E-state index contributed by atoms with van der Waals surface area (Å²) in [4.78, 5) is 10.7. The second-order valence-electron chi connectivity index (χ2n) is 4.62. The number of alkyl halides is 3. The summed E-state index contributed by atoms with van der Waals surface area (Å²) in [7, 11) is 0. The summed E-state index contributed by atoms with van der Waals surface area (Å²) >= 11 is 0. The second kappa shape index (κ2) is 4.73. The standard InChI is InChI=1S/C12H13F3N2O2/c13-12(14,15)9-3-1-7(2-4-9)8-5-10(6-8)17(19)11(16)18/h1-4,8,10,19H,5-6H2,(H2,16,18)/t8-,10+. The van der Waals surface area contributed by atoms with Gasteiger partial charge in [0.05, 0.1) is 11.6 Å². The molecule has 104 valence electrons. The molecule has 0 bridgehead atoms. The van der Waals surface area contributed by atoms with Gasteiger partial charge in [-0.3, -0.25) is 5.21 Å². The third-order valence-electron chi connectivity index (χ3n) is 3.39. The average molecular weight is 274 g/mol. The van der Waals surface area contributed by atoms with Gasteiger partial charge in [-0.25, -0.2) is 9.86 Å². The maximum atomic E-state index is 12.4. The Balaban J connectivity index is 1.97. The molecule has 1 aliphatic rings. The molecule has 0 spiro atoms. The highest BCUT2D eigenvalue weighted by molar-refractivity contribution is 5.71. The summed E-state index contributed by atoms with van der Waals surface area (Å²) in [6.07, 6.45) is -3.36. The fourth-order valence-electron chi connectivity index (χ4n) is 2.18. The number of carbonyl (C=O) groups is 1. The van der Waals surface area contributed by atoms with Gasteiger partial charge in [-0.2, -0.15) is 13.2 Å². The lowest BCUT2D eigenvalue weighted by atomic mass is 9.75. The Labute approximate surface area is 107 Å². The number of hydroxylamine groups is 2. The highest BCUT2D eigenvalue weighted by atomic mass is 19.4. The number of hydrogen-bond acceptors (Lipinski definition) is 2. The number of carbonyl (C=O) groups excluding carboxylic acids is 1. The van der Waals surface area contributed by atoms with E-state index < -0.39 is 17.8 Å². The summed E-state index contributed by atoms with van der Waals surface area (Å²) in [6.45, 7) is 0. The normalized spacial score (nSPS) is 22.7. The van der Waals surface area contributed by atoms with E-state index in [1.165, 1.54) is 12.1 Å². The Morgan fingerprint density at radius 3 is 2.21 bits per heavy atom. The van der Waals surface area contributed by atoms with Crippen molar-refractivity contribution < 1.29 is 23.2 Å². The van der Waals surface area contributed by atoms with E-state index in [0.29, 0.717) is 17.9 Å². The molecule has 0 heterocycles. The predicted molar refractivity (Wildman–Crippen MR) is 60.4 cm³/mol. The van der Waals surface area contributed by atoms with Crippen molar-refractivity contribution >= 4 is 6.03 Å². The van der Waals surface area contributed by atoms with Crippen molar-refractivity contribution in [1.82, 2.24) is 5.06 Å². The zero-order valence-electron chi connectivity index (χ0n) is 9.89. The van der Waals surface area contributed by atoms with Crippen molar-refractivity contribution in [1.29, 1.82) is 0 Å². The van der Waals surface area contributed by atoms with Gasteiger partial charge in [-0.1, -0.05) is 12.1 Å². The molecule has 0 atom stereocenters. The van der Waals surface area contributed by atoms with E-state index >= 15 is 0 Å². The van der Waals surface area contributed by atoms with Crippen molar-refractivity contribution in [3.63, 3.8) is 0 Å². The molecule has 1 aliphatic carbocycles. The number of hydrogen-bond donors (Lipinski definition) is 2. The first kappa shape index (κ1) is 13.7. The number of rotatable bonds is 2. The van der Waals surface area contributed by atoms with Crippen LogP contribution in [0.25, 0.3) is 0 Å². The Kier molecular flexibility index (Phi) is 3.40. The molecule has 1 saturated carbocycles. The van der Waals surface area contributed by atoms with Crippen LogP contribution < -0.4 is 5.73 Å². The lowest BCUT2D eigenvalue weighted by Gasteiger charge is -2.39. The monoisotopic (exact) mass is 274 g/mol. The number of halogens is 3. The summed E-state index contributed by atoms with van der Waals surface area (Å²) in [5.41, 5.74) is 4.99. The molecule has 0 saturated heterocycles. The van der Waals surface area contributed by atoms with E-state index in [1.807, 2.05) is 0 Å². The van der Waals surface area contributed by atoms with Crippen molar-refractivity contribution in [2.75, 3.05) is 0 Å². The van der Waals surface area contributed by atoms with Crippen LogP contribution >= 0.6 is 0 Å². The van der Waals surface area contributed by atoms with Crippen molar-refractivity contribution in [2.45, 2.75) is 31.0 Å². The molecular weight excluding hydrogens is 261 g/mol. The second-order valence-corrected chi connectivity index (χ2v) is 4.62. The Hall–Kier alpha value is -1.76. The average Bonchev–Trinajstić information content (AvgIpc) is 2.26. The lowest BCUT2D eigenvalue weighted by molar-refractivity contribution is -0.137. The zero-order valence-corrected chi connectivity index (χ0v) is 9.89. The van der Waals surface area contributed by atoms with Crippen LogP contribution in [0.5, 0.6) is 0 Å². The number of primary amides is 1. The van der Waals surface area contributed by atoms with E-state index in [0.717, 1.165) is 17.7 Å². The molecule has 1 fully saturated rings. The molecule has 0 radical (unpaired) electrons. The quantitative estimate of drug-likeness (QED) is 0.643. The minimum Gasteiger partial charge on any atom is -0.350 e. The molecular formula is C12H13F3N2O2. The molecule has 0 aliphatic heterocycles. The first-order chi connectivity index (χ1) is 8.79. The van der Waals surface area contributed by atoms with Crippen LogP contribution in [0.3, 0.4) is 0 Å². The maximum absolute atomic E-state index is 12.4. The minimum atomic E-state index is -4.34. The van der Waals surface area contributed by atoms with Gasteiger partial charge in [-0.05, 0) is 36.5 Å². The van der Waals surface area contributed by atoms with Crippen LogP contribution in [0.2, 0.25) is 0 Å². The predicted octanol–water partition coefficient (Wildman–Crippen LogP) is 2.72. The van der Waals surface area contributed by atoms with Gasteiger partial charge in [0.1, 0.15) is 0 Å². The molecule has 2 amide bonds. The van der Waals surface area contributed by atoms with Gasteiger partial charge in [0.15, 0.2) is 0 Å². The first-order valence-electron chi connectivity index (χ1n) is 5.73. The Morgan fingerprint density at radius 1 is 1.26 bits per heavy atom. The highest BCUT2D eigenvalue weighted by Crippen LogP contribution is 2.40. The van der Waals surface area contributed by atoms with E-state index in [-0.39, 0.29) is 12.0 Å². The van der Waals surface area contributed by atoms with Gasteiger partial charge >= 0.3 is 12.2 Å². The zero-order chi connectivity index (χ0) is 14.2. The van der Waals surface area contributed by atoms with Crippen LogP contribution in [0.1, 0.15) is 29.9 Å². The van der Waals surface area contributed by atoms with Gasteiger partial charge < -0.3 is 5.73 Å². The van der Waals surface area contributed by atoms with Crippen molar-refractivity contribution in [2.24, 2.45) is 5.73 Å². The van der Waals surface area contributed by atoms with Crippen LogP contribution in [0, 0.1) is 0 Å². The van der Waals surface area contributed by atoms with E-state index in [9.17, 15) is 23.2 Å². The minimum absolute atomic E-state index is 0.0429. The molecule has 7 heteroatoms. The molecule has 3 N–H and O–H groups in total. The molecule has 19 heavy (non-hydrogen) atoms. The van der Waals surface area contributed by atoms with Gasteiger partial charge in [0, 0.05) is 0 Å². The summed E-state index contributed by atoms with van der Waals surface area (Å²) in [5.74, 6) is 0.0429. The van der Waals surface area contributed by atoms with E-state index in [2.05, 4.69) is 0 Å². The van der Waals surface area contributed by atoms with Crippen molar-refractivity contribution in [3.05, 3.63) is 35.4 Å². The molecule has 4 nitrogen and oxygen atoms in total. The van der Waals surface area contributed by atoms with Crippen LogP contribution in [0.4, 0.5) is 18.0 Å². The number of amides is 2. The molecule has 0 unspecified atom stereocenters. The maximum Gasteiger partial charge on any atom is 0.416 e. The van der Waals surface area contributed by atoms with Gasteiger partial charge in [0.25, 0.3) is 0 Å². The van der Waals surface area contributed by atoms with E-state index in [4.69, 9.17) is 5.73 Å². The van der Waals surface area contributed by atoms with Gasteiger partial charge in [-0.15, -0.1) is 0 Å². The molecule has 2 rings (SSSR count). The largest absolute Gasteiger partial charge is 0.416 e. The third kappa shape index (κ3) is 2.81. The SMILES string of the molecule is NC(=O)N(O)[C@H]1C[C@@H](c2ccc(C(F)(F)F)cc2)C1. The van der Waals surface area contributed by atoms with Crippen molar-refractivity contribution in [3.8, 4) is 0 Å². The molecule has 1 aromatic rings. The molecule has 0 aromatic heterocycles. The van der Waals surface area contributed by atoms with Crippen LogP contribution in [-0.4, -0.2) is 22.3 Å². The Bertz CT molecular complexity index is 467. The smallest absolute Gasteiger partial charge is 0.350 e. The highest BCUT2D eigenvalue weighted by Gasteiger charge is 2.36. The molecule has 1 aromatic carbocycles. The van der Waals surface area contributed by atoms with Crippen LogP contribution in [0.15, 0.2) is 24.3 Å². The topological polar surface area (TPSA) is 66.6 Å².